The molecule has 1 aliphatic rings. The molecule has 0 radical (unpaired) electrons. The zero-order valence-electron chi connectivity index (χ0n) is 17.9. The fourth-order valence-corrected chi connectivity index (χ4v) is 3.55. The molecule has 2 aromatic carbocycles. The summed E-state index contributed by atoms with van der Waals surface area (Å²) in [6.07, 6.45) is 1.16. The molecule has 1 fully saturated rings. The number of carbonyl (C=O) groups is 2. The zero-order valence-corrected chi connectivity index (χ0v) is 17.9. The van der Waals surface area contributed by atoms with Gasteiger partial charge in [-0.25, -0.2) is 0 Å². The number of rotatable bonds is 5. The van der Waals surface area contributed by atoms with Crippen molar-refractivity contribution in [2.75, 3.05) is 23.9 Å². The van der Waals surface area contributed by atoms with Crippen LogP contribution >= 0.6 is 0 Å². The Balaban J connectivity index is 1.75. The summed E-state index contributed by atoms with van der Waals surface area (Å²) in [4.78, 5) is 27.1. The Bertz CT molecular complexity index is 897. The highest BCUT2D eigenvalue weighted by Gasteiger charge is 2.35. The number of nitrogens with one attached hydrogen (secondary N) is 1. The van der Waals surface area contributed by atoms with E-state index in [0.717, 1.165) is 17.7 Å². The van der Waals surface area contributed by atoms with Gasteiger partial charge in [-0.15, -0.1) is 0 Å². The van der Waals surface area contributed by atoms with Crippen LogP contribution in [0.1, 0.15) is 45.2 Å². The van der Waals surface area contributed by atoms with Gasteiger partial charge in [-0.05, 0) is 47.2 Å². The lowest BCUT2D eigenvalue weighted by atomic mass is 9.86. The molecule has 1 N–H and O–H groups in total. The molecule has 5 heteroatoms. The summed E-state index contributed by atoms with van der Waals surface area (Å²) in [5.41, 5.74) is 3.77. The van der Waals surface area contributed by atoms with Crippen molar-refractivity contribution < 1.29 is 14.3 Å². The number of nitrogens with zero attached hydrogens (tertiary/aromatic N) is 1. The van der Waals surface area contributed by atoms with Crippen LogP contribution in [0.3, 0.4) is 0 Å². The maximum Gasteiger partial charge on any atom is 0.229 e. The average molecular weight is 395 g/mol. The van der Waals surface area contributed by atoms with Crippen molar-refractivity contribution >= 4 is 23.2 Å². The number of aryl methyl sites for hydroxylation is 1. The van der Waals surface area contributed by atoms with Gasteiger partial charge < -0.3 is 15.0 Å². The molecule has 2 amide bonds. The number of methoxy groups -OCH3 is 1. The minimum atomic E-state index is -0.392. The fourth-order valence-electron chi connectivity index (χ4n) is 3.55. The Morgan fingerprint density at radius 1 is 1.17 bits per heavy atom. The molecule has 0 aromatic heterocycles. The maximum atomic E-state index is 12.9. The van der Waals surface area contributed by atoms with Gasteiger partial charge >= 0.3 is 0 Å². The molecule has 2 aromatic rings. The summed E-state index contributed by atoms with van der Waals surface area (Å²) in [7, 11) is 1.59. The zero-order chi connectivity index (χ0) is 21.2. The SMILES string of the molecule is CCc1ccc(N2C[C@@H](C(=O)Nc3cc(C(C)(C)C)ccc3OC)CC2=O)cc1. The van der Waals surface area contributed by atoms with Gasteiger partial charge in [-0.1, -0.05) is 45.9 Å². The van der Waals surface area contributed by atoms with Crippen LogP contribution in [0, 0.1) is 5.92 Å². The van der Waals surface area contributed by atoms with Gasteiger partial charge in [0.05, 0.1) is 18.7 Å². The third-order valence-electron chi connectivity index (χ3n) is 5.48. The van der Waals surface area contributed by atoms with Gasteiger partial charge in [0, 0.05) is 18.7 Å². The highest BCUT2D eigenvalue weighted by molar-refractivity contribution is 6.04. The van der Waals surface area contributed by atoms with Gasteiger partial charge in [0.15, 0.2) is 0 Å². The van der Waals surface area contributed by atoms with Crippen molar-refractivity contribution in [1.29, 1.82) is 0 Å². The molecular weight excluding hydrogens is 364 g/mol. The molecule has 1 atom stereocenters. The molecule has 154 valence electrons. The molecule has 0 aliphatic carbocycles. The summed E-state index contributed by atoms with van der Waals surface area (Å²) < 4.78 is 5.42. The first-order valence-corrected chi connectivity index (χ1v) is 10.1. The van der Waals surface area contributed by atoms with Crippen molar-refractivity contribution in [1.82, 2.24) is 0 Å². The maximum absolute atomic E-state index is 12.9. The van der Waals surface area contributed by atoms with Crippen molar-refractivity contribution in [3.8, 4) is 5.75 Å². The van der Waals surface area contributed by atoms with Crippen molar-refractivity contribution in [3.63, 3.8) is 0 Å². The lowest BCUT2D eigenvalue weighted by molar-refractivity contribution is -0.122. The number of amides is 2. The van der Waals surface area contributed by atoms with Crippen LogP contribution in [0.5, 0.6) is 5.75 Å². The van der Waals surface area contributed by atoms with Crippen molar-refractivity contribution in [2.24, 2.45) is 5.92 Å². The third kappa shape index (κ3) is 4.61. The summed E-state index contributed by atoms with van der Waals surface area (Å²) in [6, 6.07) is 13.8. The Morgan fingerprint density at radius 2 is 1.86 bits per heavy atom. The van der Waals surface area contributed by atoms with Gasteiger partial charge in [0.1, 0.15) is 5.75 Å². The average Bonchev–Trinajstić information content (AvgIpc) is 3.09. The summed E-state index contributed by atoms with van der Waals surface area (Å²) in [5.74, 6) is 0.0410. The van der Waals surface area contributed by atoms with Gasteiger partial charge in [-0.3, -0.25) is 9.59 Å². The van der Waals surface area contributed by atoms with E-state index in [4.69, 9.17) is 4.74 Å². The lowest BCUT2D eigenvalue weighted by Gasteiger charge is -2.22. The molecule has 29 heavy (non-hydrogen) atoms. The molecule has 5 nitrogen and oxygen atoms in total. The predicted molar refractivity (Wildman–Crippen MR) is 117 cm³/mol. The molecule has 0 unspecified atom stereocenters. The Labute approximate surface area is 173 Å². The van der Waals surface area contributed by atoms with Crippen molar-refractivity contribution in [3.05, 3.63) is 53.6 Å². The molecule has 1 aliphatic heterocycles. The van der Waals surface area contributed by atoms with Gasteiger partial charge in [-0.2, -0.15) is 0 Å². The van der Waals surface area contributed by atoms with Crippen LogP contribution in [0.4, 0.5) is 11.4 Å². The number of hydrogen-bond donors (Lipinski definition) is 1. The summed E-state index contributed by atoms with van der Waals surface area (Å²) >= 11 is 0. The monoisotopic (exact) mass is 394 g/mol. The number of ether oxygens (including phenoxy) is 1. The second-order valence-corrected chi connectivity index (χ2v) is 8.58. The van der Waals surface area contributed by atoms with E-state index in [2.05, 4.69) is 33.0 Å². The number of anilines is 2. The topological polar surface area (TPSA) is 58.6 Å². The van der Waals surface area contributed by atoms with Crippen LogP contribution in [-0.4, -0.2) is 25.5 Å². The van der Waals surface area contributed by atoms with E-state index in [1.165, 1.54) is 5.56 Å². The van der Waals surface area contributed by atoms with Crippen molar-refractivity contribution in [2.45, 2.75) is 46.0 Å². The smallest absolute Gasteiger partial charge is 0.229 e. The van der Waals surface area contributed by atoms with Crippen LogP contribution < -0.4 is 15.0 Å². The third-order valence-corrected chi connectivity index (χ3v) is 5.48. The standard InChI is InChI=1S/C24H30N2O3/c1-6-16-7-10-19(11-8-16)26-15-17(13-22(26)27)23(28)25-20-14-18(24(2,3)4)9-12-21(20)29-5/h7-12,14,17H,6,13,15H2,1-5H3,(H,25,28)/t17-/m0/s1. The number of benzene rings is 2. The normalized spacial score (nSPS) is 16.8. The quantitative estimate of drug-likeness (QED) is 0.810. The van der Waals surface area contributed by atoms with Crippen LogP contribution in [0.25, 0.3) is 0 Å². The molecule has 0 saturated carbocycles. The predicted octanol–water partition coefficient (Wildman–Crippen LogP) is 4.55. The van der Waals surface area contributed by atoms with E-state index >= 15 is 0 Å². The molecule has 1 saturated heterocycles. The van der Waals surface area contributed by atoms with E-state index < -0.39 is 5.92 Å². The van der Waals surface area contributed by atoms with E-state index in [1.807, 2.05) is 42.5 Å². The first-order chi connectivity index (χ1) is 13.7. The van der Waals surface area contributed by atoms with E-state index in [1.54, 1.807) is 12.0 Å². The largest absolute Gasteiger partial charge is 0.495 e. The van der Waals surface area contributed by atoms with E-state index in [9.17, 15) is 9.59 Å². The molecular formula is C24H30N2O3. The second-order valence-electron chi connectivity index (χ2n) is 8.58. The van der Waals surface area contributed by atoms with E-state index in [-0.39, 0.29) is 23.7 Å². The minimum absolute atomic E-state index is 0.0233. The lowest BCUT2D eigenvalue weighted by Crippen LogP contribution is -2.28. The number of carbonyl (C=O) groups excluding carboxylic acids is 2. The highest BCUT2D eigenvalue weighted by Crippen LogP contribution is 2.33. The molecule has 0 bridgehead atoms. The van der Waals surface area contributed by atoms with E-state index in [0.29, 0.717) is 18.0 Å². The van der Waals surface area contributed by atoms with Crippen LogP contribution in [0.2, 0.25) is 0 Å². The van der Waals surface area contributed by atoms with Gasteiger partial charge in [0.2, 0.25) is 11.8 Å². The Morgan fingerprint density at radius 3 is 2.45 bits per heavy atom. The van der Waals surface area contributed by atoms with Crippen LogP contribution in [-0.2, 0) is 21.4 Å². The molecule has 3 rings (SSSR count). The Kier molecular flexibility index (Phi) is 5.96. The highest BCUT2D eigenvalue weighted by atomic mass is 16.5. The van der Waals surface area contributed by atoms with Gasteiger partial charge in [0.25, 0.3) is 0 Å². The fraction of sp³-hybridized carbons (Fsp3) is 0.417. The number of hydrogen-bond acceptors (Lipinski definition) is 3. The first kappa shape index (κ1) is 20.9. The first-order valence-electron chi connectivity index (χ1n) is 10.1. The minimum Gasteiger partial charge on any atom is -0.495 e. The second kappa shape index (κ2) is 8.27. The van der Waals surface area contributed by atoms with Crippen LogP contribution in [0.15, 0.2) is 42.5 Å². The molecule has 0 spiro atoms. The molecule has 1 heterocycles. The summed E-state index contributed by atoms with van der Waals surface area (Å²) in [5, 5.41) is 2.98. The Hall–Kier alpha value is -2.82. The summed E-state index contributed by atoms with van der Waals surface area (Å²) in [6.45, 7) is 8.85.